The van der Waals surface area contributed by atoms with Crippen LogP contribution >= 0.6 is 0 Å². The van der Waals surface area contributed by atoms with E-state index in [2.05, 4.69) is 10.1 Å². The topological polar surface area (TPSA) is 83.0 Å². The Hall–Kier alpha value is -2.37. The Morgan fingerprint density at radius 3 is 2.89 bits per heavy atom. The minimum absolute atomic E-state index is 0.0877. The molecule has 18 heavy (non-hydrogen) atoms. The van der Waals surface area contributed by atoms with Crippen LogP contribution in [0.5, 0.6) is 5.75 Å². The first-order valence-electron chi connectivity index (χ1n) is 5.44. The molecule has 0 amide bonds. The number of nitrogen functional groups attached to an aromatic ring is 1. The second kappa shape index (κ2) is 4.87. The molecule has 0 saturated carbocycles. The quantitative estimate of drug-likeness (QED) is 0.647. The van der Waals surface area contributed by atoms with Crippen LogP contribution in [0.4, 0.5) is 5.69 Å². The summed E-state index contributed by atoms with van der Waals surface area (Å²) in [5.74, 6) is 1.09. The number of rotatable bonds is 4. The number of ether oxygens (including phenoxy) is 1. The molecule has 1 heterocycles. The number of anilines is 1. The zero-order valence-electron chi connectivity index (χ0n) is 10.3. The number of carbonyl (C=O) groups is 1. The maximum Gasteiger partial charge on any atom is 0.164 e. The zero-order valence-corrected chi connectivity index (χ0v) is 10.3. The van der Waals surface area contributed by atoms with Gasteiger partial charge in [0.15, 0.2) is 11.6 Å². The first-order chi connectivity index (χ1) is 8.58. The highest BCUT2D eigenvalue weighted by Gasteiger charge is 2.10. The van der Waals surface area contributed by atoms with Gasteiger partial charge in [0.25, 0.3) is 0 Å². The van der Waals surface area contributed by atoms with Crippen LogP contribution in [-0.4, -0.2) is 20.5 Å². The molecule has 1 aromatic heterocycles. The summed E-state index contributed by atoms with van der Waals surface area (Å²) in [5, 5.41) is 3.94. The second-order valence-electron chi connectivity index (χ2n) is 3.90. The van der Waals surface area contributed by atoms with Crippen molar-refractivity contribution in [1.82, 2.24) is 14.8 Å². The van der Waals surface area contributed by atoms with Gasteiger partial charge in [-0.15, -0.1) is 0 Å². The number of hydrogen-bond acceptors (Lipinski definition) is 5. The summed E-state index contributed by atoms with van der Waals surface area (Å²) in [7, 11) is 1.78. The minimum atomic E-state index is -0.0877. The van der Waals surface area contributed by atoms with E-state index in [1.807, 2.05) is 0 Å². The molecule has 1 aromatic carbocycles. The van der Waals surface area contributed by atoms with E-state index >= 15 is 0 Å². The van der Waals surface area contributed by atoms with Crippen LogP contribution in [0.15, 0.2) is 24.5 Å². The fraction of sp³-hybridized carbons (Fsp3) is 0.250. The molecule has 0 atom stereocenters. The van der Waals surface area contributed by atoms with Gasteiger partial charge in [-0.25, -0.2) is 4.98 Å². The van der Waals surface area contributed by atoms with Crippen LogP contribution in [0.1, 0.15) is 23.1 Å². The first kappa shape index (κ1) is 12.1. The molecule has 2 rings (SSSR count). The monoisotopic (exact) mass is 246 g/mol. The highest BCUT2D eigenvalue weighted by atomic mass is 16.5. The lowest BCUT2D eigenvalue weighted by Gasteiger charge is -2.09. The number of nitrogens with zero attached hydrogens (tertiary/aromatic N) is 3. The molecule has 6 nitrogen and oxygen atoms in total. The lowest BCUT2D eigenvalue weighted by atomic mass is 10.1. The summed E-state index contributed by atoms with van der Waals surface area (Å²) in [6.07, 6.45) is 1.45. The van der Waals surface area contributed by atoms with Gasteiger partial charge in [0.2, 0.25) is 0 Å². The summed E-state index contributed by atoms with van der Waals surface area (Å²) in [4.78, 5) is 15.5. The van der Waals surface area contributed by atoms with Gasteiger partial charge < -0.3 is 10.5 Å². The van der Waals surface area contributed by atoms with E-state index in [0.717, 1.165) is 0 Å². The molecule has 0 saturated heterocycles. The fourth-order valence-corrected chi connectivity index (χ4v) is 1.54. The van der Waals surface area contributed by atoms with E-state index in [-0.39, 0.29) is 12.4 Å². The van der Waals surface area contributed by atoms with Crippen molar-refractivity contribution < 1.29 is 9.53 Å². The maximum atomic E-state index is 11.5. The third-order valence-electron chi connectivity index (χ3n) is 2.54. The van der Waals surface area contributed by atoms with Crippen molar-refractivity contribution in [1.29, 1.82) is 0 Å². The second-order valence-corrected chi connectivity index (χ2v) is 3.90. The van der Waals surface area contributed by atoms with Crippen LogP contribution in [0, 0.1) is 0 Å². The summed E-state index contributed by atoms with van der Waals surface area (Å²) in [6, 6.07) is 4.98. The van der Waals surface area contributed by atoms with Crippen molar-refractivity contribution >= 4 is 11.5 Å². The van der Waals surface area contributed by atoms with E-state index in [1.54, 1.807) is 29.9 Å². The minimum Gasteiger partial charge on any atom is -0.485 e. The number of benzene rings is 1. The van der Waals surface area contributed by atoms with Gasteiger partial charge in [-0.05, 0) is 25.1 Å². The molecule has 0 aliphatic rings. The lowest BCUT2D eigenvalue weighted by molar-refractivity contribution is 0.101. The summed E-state index contributed by atoms with van der Waals surface area (Å²) in [6.45, 7) is 1.73. The molecule has 2 N–H and O–H groups in total. The number of aryl methyl sites for hydroxylation is 1. The van der Waals surface area contributed by atoms with Gasteiger partial charge >= 0.3 is 0 Å². The predicted molar refractivity (Wildman–Crippen MR) is 66.2 cm³/mol. The summed E-state index contributed by atoms with van der Waals surface area (Å²) < 4.78 is 7.19. The van der Waals surface area contributed by atoms with E-state index in [9.17, 15) is 4.79 Å². The number of carbonyl (C=O) groups excluding carboxylic acids is 1. The molecule has 0 unspecified atom stereocenters. The molecular weight excluding hydrogens is 232 g/mol. The molecule has 0 radical (unpaired) electrons. The van der Waals surface area contributed by atoms with Gasteiger partial charge in [0, 0.05) is 12.7 Å². The Kier molecular flexibility index (Phi) is 3.27. The van der Waals surface area contributed by atoms with Crippen LogP contribution in [0.3, 0.4) is 0 Å². The fourth-order valence-electron chi connectivity index (χ4n) is 1.54. The molecule has 0 aliphatic heterocycles. The summed E-state index contributed by atoms with van der Waals surface area (Å²) in [5.41, 5.74) is 6.65. The Morgan fingerprint density at radius 1 is 1.50 bits per heavy atom. The van der Waals surface area contributed by atoms with Crippen molar-refractivity contribution in [2.24, 2.45) is 7.05 Å². The number of hydrogen-bond donors (Lipinski definition) is 1. The number of aromatic nitrogens is 3. The average molecular weight is 246 g/mol. The number of nitrogens with two attached hydrogens (primary N) is 1. The van der Waals surface area contributed by atoms with Crippen molar-refractivity contribution in [3.8, 4) is 5.75 Å². The third-order valence-corrected chi connectivity index (χ3v) is 2.54. The standard InChI is InChI=1S/C12H14N4O2/c1-8(17)10-5-9(13)3-4-11(10)18-6-12-14-7-15-16(12)2/h3-5,7H,6,13H2,1-2H3. The molecule has 94 valence electrons. The summed E-state index contributed by atoms with van der Waals surface area (Å²) >= 11 is 0. The molecule has 0 spiro atoms. The van der Waals surface area contributed by atoms with Crippen molar-refractivity contribution in [3.63, 3.8) is 0 Å². The first-order valence-corrected chi connectivity index (χ1v) is 5.44. The van der Waals surface area contributed by atoms with E-state index in [4.69, 9.17) is 10.5 Å². The Bertz CT molecular complexity index is 577. The van der Waals surface area contributed by atoms with Crippen molar-refractivity contribution in [2.75, 3.05) is 5.73 Å². The molecule has 6 heteroatoms. The Labute approximate surface area is 104 Å². The largest absolute Gasteiger partial charge is 0.485 e. The molecule has 0 aliphatic carbocycles. The van der Waals surface area contributed by atoms with Gasteiger partial charge in [-0.3, -0.25) is 9.48 Å². The van der Waals surface area contributed by atoms with E-state index in [1.165, 1.54) is 13.3 Å². The molecule has 0 fully saturated rings. The van der Waals surface area contributed by atoms with Gasteiger partial charge in [0.05, 0.1) is 5.56 Å². The maximum absolute atomic E-state index is 11.5. The lowest BCUT2D eigenvalue weighted by Crippen LogP contribution is -2.07. The van der Waals surface area contributed by atoms with Crippen molar-refractivity contribution in [2.45, 2.75) is 13.5 Å². The number of ketones is 1. The molecule has 0 bridgehead atoms. The highest BCUT2D eigenvalue weighted by molar-refractivity contribution is 5.97. The van der Waals surface area contributed by atoms with E-state index < -0.39 is 0 Å². The highest BCUT2D eigenvalue weighted by Crippen LogP contribution is 2.22. The zero-order chi connectivity index (χ0) is 13.1. The van der Waals surface area contributed by atoms with Crippen LogP contribution in [0.25, 0.3) is 0 Å². The van der Waals surface area contributed by atoms with Crippen LogP contribution in [0.2, 0.25) is 0 Å². The van der Waals surface area contributed by atoms with E-state index in [0.29, 0.717) is 22.8 Å². The SMILES string of the molecule is CC(=O)c1cc(N)ccc1OCc1ncnn1C. The van der Waals surface area contributed by atoms with Gasteiger partial charge in [0.1, 0.15) is 18.7 Å². The molecular formula is C12H14N4O2. The van der Waals surface area contributed by atoms with Crippen LogP contribution in [-0.2, 0) is 13.7 Å². The normalized spacial score (nSPS) is 10.3. The predicted octanol–water partition coefficient (Wildman–Crippen LogP) is 1.18. The Morgan fingerprint density at radius 2 is 2.28 bits per heavy atom. The third kappa shape index (κ3) is 2.48. The van der Waals surface area contributed by atoms with Gasteiger partial charge in [-0.1, -0.05) is 0 Å². The number of Topliss-reactive ketones (excluding diaryl/α,β-unsaturated/α-hetero) is 1. The van der Waals surface area contributed by atoms with Gasteiger partial charge in [-0.2, -0.15) is 5.10 Å². The average Bonchev–Trinajstić information content (AvgIpc) is 2.73. The Balaban J connectivity index is 2.19. The smallest absolute Gasteiger partial charge is 0.164 e. The molecule has 2 aromatic rings. The van der Waals surface area contributed by atoms with Crippen LogP contribution < -0.4 is 10.5 Å². The van der Waals surface area contributed by atoms with Crippen molar-refractivity contribution in [3.05, 3.63) is 35.9 Å².